The average molecular weight is 206 g/mol. The van der Waals surface area contributed by atoms with Crippen LogP contribution in [0.1, 0.15) is 47.0 Å². The van der Waals surface area contributed by atoms with Crippen LogP contribution in [0, 0.1) is 5.92 Å². The molecule has 2 nitrogen and oxygen atoms in total. The van der Waals surface area contributed by atoms with Crippen molar-refractivity contribution >= 4 is 5.71 Å². The van der Waals surface area contributed by atoms with Crippen molar-refractivity contribution in [2.24, 2.45) is 10.9 Å². The van der Waals surface area contributed by atoms with E-state index in [0.717, 1.165) is 0 Å². The van der Waals surface area contributed by atoms with Crippen LogP contribution in [0.15, 0.2) is 16.8 Å². The van der Waals surface area contributed by atoms with E-state index in [0.29, 0.717) is 18.1 Å². The van der Waals surface area contributed by atoms with Gasteiger partial charge in [-0.2, -0.15) is 0 Å². The number of nitrogens with zero attached hydrogens (tertiary/aromatic N) is 2. The Balaban J connectivity index is 2.27. The van der Waals surface area contributed by atoms with Crippen LogP contribution in [0.4, 0.5) is 0 Å². The van der Waals surface area contributed by atoms with Crippen LogP contribution in [-0.4, -0.2) is 22.8 Å². The lowest BCUT2D eigenvalue weighted by atomic mass is 10.0. The highest BCUT2D eigenvalue weighted by atomic mass is 15.3. The fourth-order valence-electron chi connectivity index (χ4n) is 2.47. The molecule has 1 heterocycles. The van der Waals surface area contributed by atoms with Gasteiger partial charge in [0.25, 0.3) is 0 Å². The van der Waals surface area contributed by atoms with Gasteiger partial charge in [-0.15, -0.1) is 0 Å². The third-order valence-corrected chi connectivity index (χ3v) is 3.32. The third kappa shape index (κ3) is 1.95. The van der Waals surface area contributed by atoms with E-state index in [1.807, 2.05) is 0 Å². The van der Waals surface area contributed by atoms with Gasteiger partial charge in [0.2, 0.25) is 0 Å². The summed E-state index contributed by atoms with van der Waals surface area (Å²) in [4.78, 5) is 7.35. The quantitative estimate of drug-likeness (QED) is 0.677. The molecule has 1 aliphatic carbocycles. The van der Waals surface area contributed by atoms with Crippen LogP contribution in [0.2, 0.25) is 0 Å². The second-order valence-electron chi connectivity index (χ2n) is 5.28. The van der Waals surface area contributed by atoms with Crippen molar-refractivity contribution in [2.75, 3.05) is 0 Å². The van der Waals surface area contributed by atoms with E-state index >= 15 is 0 Å². The molecule has 2 aliphatic rings. The molecule has 1 saturated carbocycles. The molecule has 0 aromatic carbocycles. The molecular formula is C13H22N2. The molecule has 1 unspecified atom stereocenters. The van der Waals surface area contributed by atoms with Crippen LogP contribution in [0.3, 0.4) is 0 Å². The highest BCUT2D eigenvalue weighted by Gasteiger charge is 2.29. The van der Waals surface area contributed by atoms with Crippen molar-refractivity contribution in [3.8, 4) is 0 Å². The standard InChI is InChI=1S/C13H22N2/c1-9(2)13-14-12-7-5-6-11(12)8-15(13)10(3)4/h8-10,13H,5-7H2,1-4H3. The van der Waals surface area contributed by atoms with Crippen molar-refractivity contribution in [1.29, 1.82) is 0 Å². The van der Waals surface area contributed by atoms with E-state index < -0.39 is 0 Å². The van der Waals surface area contributed by atoms with Crippen LogP contribution < -0.4 is 0 Å². The summed E-state index contributed by atoms with van der Waals surface area (Å²) in [6, 6.07) is 0.552. The number of rotatable bonds is 2. The Morgan fingerprint density at radius 1 is 1.27 bits per heavy atom. The second kappa shape index (κ2) is 3.99. The van der Waals surface area contributed by atoms with Gasteiger partial charge < -0.3 is 4.90 Å². The van der Waals surface area contributed by atoms with Crippen LogP contribution in [0.25, 0.3) is 0 Å². The predicted octanol–water partition coefficient (Wildman–Crippen LogP) is 3.20. The average Bonchev–Trinajstić information content (AvgIpc) is 2.61. The number of fused-ring (bicyclic) bond motifs is 1. The molecule has 15 heavy (non-hydrogen) atoms. The van der Waals surface area contributed by atoms with E-state index in [1.54, 1.807) is 0 Å². The highest BCUT2D eigenvalue weighted by molar-refractivity contribution is 6.02. The smallest absolute Gasteiger partial charge is 0.123 e. The molecular weight excluding hydrogens is 184 g/mol. The SMILES string of the molecule is CC(C)C1N=C2CCCC2=CN1C(C)C. The topological polar surface area (TPSA) is 15.6 Å². The summed E-state index contributed by atoms with van der Waals surface area (Å²) >= 11 is 0. The summed E-state index contributed by atoms with van der Waals surface area (Å²) in [5.74, 6) is 0.596. The Bertz CT molecular complexity index is 270. The van der Waals surface area contributed by atoms with Crippen molar-refractivity contribution < 1.29 is 0 Å². The summed E-state index contributed by atoms with van der Waals surface area (Å²) in [6.45, 7) is 9.03. The summed E-state index contributed by atoms with van der Waals surface area (Å²) in [5, 5.41) is 0. The van der Waals surface area contributed by atoms with E-state index in [-0.39, 0.29) is 0 Å². The zero-order valence-electron chi connectivity index (χ0n) is 10.3. The van der Waals surface area contributed by atoms with E-state index in [9.17, 15) is 0 Å². The maximum Gasteiger partial charge on any atom is 0.123 e. The number of hydrogen-bond acceptors (Lipinski definition) is 2. The Hall–Kier alpha value is -0.790. The van der Waals surface area contributed by atoms with E-state index in [2.05, 4.69) is 38.8 Å². The first-order valence-electron chi connectivity index (χ1n) is 6.14. The van der Waals surface area contributed by atoms with Crippen LogP contribution in [-0.2, 0) is 0 Å². The fourth-order valence-corrected chi connectivity index (χ4v) is 2.47. The van der Waals surface area contributed by atoms with E-state index in [1.165, 1.54) is 30.5 Å². The van der Waals surface area contributed by atoms with Gasteiger partial charge in [0.1, 0.15) is 6.17 Å². The molecule has 1 aliphatic heterocycles. The maximum absolute atomic E-state index is 4.92. The first-order valence-corrected chi connectivity index (χ1v) is 6.14. The third-order valence-electron chi connectivity index (χ3n) is 3.32. The molecule has 0 bridgehead atoms. The lowest BCUT2D eigenvalue weighted by Crippen LogP contribution is -2.41. The van der Waals surface area contributed by atoms with Gasteiger partial charge in [-0.25, -0.2) is 0 Å². The van der Waals surface area contributed by atoms with Gasteiger partial charge in [-0.3, -0.25) is 4.99 Å². The van der Waals surface area contributed by atoms with Gasteiger partial charge in [0, 0.05) is 18.0 Å². The van der Waals surface area contributed by atoms with Gasteiger partial charge in [-0.05, 0) is 44.6 Å². The van der Waals surface area contributed by atoms with Crippen molar-refractivity contribution in [1.82, 2.24) is 4.90 Å². The zero-order valence-corrected chi connectivity index (χ0v) is 10.3. The van der Waals surface area contributed by atoms with Gasteiger partial charge >= 0.3 is 0 Å². The molecule has 1 fully saturated rings. The Kier molecular flexibility index (Phi) is 2.85. The summed E-state index contributed by atoms with van der Waals surface area (Å²) in [7, 11) is 0. The molecule has 0 amide bonds. The lowest BCUT2D eigenvalue weighted by molar-refractivity contribution is 0.183. The highest BCUT2D eigenvalue weighted by Crippen LogP contribution is 2.30. The number of hydrogen-bond donors (Lipinski definition) is 0. The molecule has 0 N–H and O–H groups in total. The summed E-state index contributed by atoms with van der Waals surface area (Å²) < 4.78 is 0. The minimum Gasteiger partial charge on any atom is -0.353 e. The minimum absolute atomic E-state index is 0.363. The summed E-state index contributed by atoms with van der Waals surface area (Å²) in [5.41, 5.74) is 2.87. The Morgan fingerprint density at radius 2 is 2.00 bits per heavy atom. The molecule has 0 spiro atoms. The molecule has 1 atom stereocenters. The van der Waals surface area contributed by atoms with Crippen molar-refractivity contribution in [3.63, 3.8) is 0 Å². The first kappa shape index (κ1) is 10.7. The monoisotopic (exact) mass is 206 g/mol. The summed E-state index contributed by atoms with van der Waals surface area (Å²) in [6.07, 6.45) is 6.45. The predicted molar refractivity (Wildman–Crippen MR) is 65.0 cm³/mol. The van der Waals surface area contributed by atoms with Gasteiger partial charge in [0.05, 0.1) is 0 Å². The fraction of sp³-hybridized carbons (Fsp3) is 0.769. The van der Waals surface area contributed by atoms with Gasteiger partial charge in [-0.1, -0.05) is 13.8 Å². The molecule has 0 aromatic heterocycles. The van der Waals surface area contributed by atoms with Gasteiger partial charge in [0.15, 0.2) is 0 Å². The molecule has 0 radical (unpaired) electrons. The Labute approximate surface area is 93.1 Å². The molecule has 0 aromatic rings. The normalized spacial score (nSPS) is 25.7. The zero-order chi connectivity index (χ0) is 11.0. The molecule has 2 heteroatoms. The van der Waals surface area contributed by atoms with Crippen LogP contribution in [0.5, 0.6) is 0 Å². The number of aliphatic imine (C=N–C) groups is 1. The molecule has 84 valence electrons. The largest absolute Gasteiger partial charge is 0.353 e. The van der Waals surface area contributed by atoms with Crippen molar-refractivity contribution in [2.45, 2.75) is 59.2 Å². The number of allylic oxidation sites excluding steroid dienone is 1. The second-order valence-corrected chi connectivity index (χ2v) is 5.28. The minimum atomic E-state index is 0.363. The maximum atomic E-state index is 4.92. The molecule has 0 saturated heterocycles. The van der Waals surface area contributed by atoms with E-state index in [4.69, 9.17) is 4.99 Å². The lowest BCUT2D eigenvalue weighted by Gasteiger charge is -2.37. The Morgan fingerprint density at radius 3 is 2.60 bits per heavy atom. The van der Waals surface area contributed by atoms with Crippen molar-refractivity contribution in [3.05, 3.63) is 11.8 Å². The first-order chi connectivity index (χ1) is 7.09. The van der Waals surface area contributed by atoms with Crippen LogP contribution >= 0.6 is 0 Å². The molecule has 2 rings (SSSR count).